The van der Waals surface area contributed by atoms with Gasteiger partial charge in [0.05, 0.1) is 11.8 Å². The van der Waals surface area contributed by atoms with Gasteiger partial charge in [-0.25, -0.2) is 0 Å². The third-order valence-electron chi connectivity index (χ3n) is 6.15. The highest BCUT2D eigenvalue weighted by Crippen LogP contribution is 2.38. The number of rotatable bonds is 7. The molecule has 4 rings (SSSR count). The zero-order valence-corrected chi connectivity index (χ0v) is 20.2. The number of carbonyl (C=O) groups excluding carboxylic acids is 2. The van der Waals surface area contributed by atoms with Crippen molar-refractivity contribution in [2.75, 3.05) is 12.3 Å². The van der Waals surface area contributed by atoms with Gasteiger partial charge in [0, 0.05) is 12.1 Å². The number of hydrogen-bond acceptors (Lipinski definition) is 3. The maximum Gasteiger partial charge on any atom is 0.251 e. The molecule has 1 saturated heterocycles. The number of nitrogens with one attached hydrogen (secondary N) is 1. The van der Waals surface area contributed by atoms with E-state index in [1.54, 1.807) is 11.8 Å². The maximum atomic E-state index is 12.8. The molecule has 1 heterocycles. The molecule has 0 radical (unpaired) electrons. The second-order valence-corrected chi connectivity index (χ2v) is 9.73. The molecule has 0 aromatic heterocycles. The molecule has 170 valence electrons. The summed E-state index contributed by atoms with van der Waals surface area (Å²) in [5.41, 5.74) is 6.42. The van der Waals surface area contributed by atoms with E-state index in [9.17, 15) is 9.59 Å². The standard InChI is InChI=1S/C28H30N2O2S/c1-19-9-14-25(20(2)17-19)21(3)29-27(32)23-10-12-24(13-11-23)28-30(26(31)18-33-28)16-15-22-7-5-4-6-8-22/h4-14,17,21,28H,15-16,18H2,1-3H3,(H,29,32)/t21-,28-/m0/s1. The lowest BCUT2D eigenvalue weighted by Crippen LogP contribution is -2.30. The lowest BCUT2D eigenvalue weighted by atomic mass is 10.00. The van der Waals surface area contributed by atoms with Crippen LogP contribution in [0, 0.1) is 13.8 Å². The molecule has 1 N–H and O–H groups in total. The molecule has 3 aromatic rings. The number of hydrogen-bond donors (Lipinski definition) is 1. The average molecular weight is 459 g/mol. The molecule has 3 aromatic carbocycles. The molecule has 0 aliphatic carbocycles. The highest BCUT2D eigenvalue weighted by Gasteiger charge is 2.32. The number of carbonyl (C=O) groups is 2. The second-order valence-electron chi connectivity index (χ2n) is 8.66. The van der Waals surface area contributed by atoms with Crippen LogP contribution in [0.3, 0.4) is 0 Å². The zero-order chi connectivity index (χ0) is 23.4. The van der Waals surface area contributed by atoms with Crippen molar-refractivity contribution in [3.63, 3.8) is 0 Å². The molecule has 0 bridgehead atoms. The average Bonchev–Trinajstić information content (AvgIpc) is 3.18. The minimum atomic E-state index is -0.0925. The van der Waals surface area contributed by atoms with Gasteiger partial charge in [0.25, 0.3) is 5.91 Å². The van der Waals surface area contributed by atoms with E-state index in [1.165, 1.54) is 16.7 Å². The van der Waals surface area contributed by atoms with Gasteiger partial charge in [-0.2, -0.15) is 0 Å². The summed E-state index contributed by atoms with van der Waals surface area (Å²) in [4.78, 5) is 27.3. The molecule has 33 heavy (non-hydrogen) atoms. The normalized spacial score (nSPS) is 16.6. The SMILES string of the molecule is Cc1ccc([C@H](C)NC(=O)c2ccc([C@@H]3SCC(=O)N3CCc3ccccc3)cc2)c(C)c1. The fraction of sp³-hybridized carbons (Fsp3) is 0.286. The van der Waals surface area contributed by atoms with Crippen molar-refractivity contribution in [3.8, 4) is 0 Å². The first kappa shape index (κ1) is 23.1. The summed E-state index contributed by atoms with van der Waals surface area (Å²) >= 11 is 1.65. The van der Waals surface area contributed by atoms with Crippen molar-refractivity contribution in [1.82, 2.24) is 10.2 Å². The summed E-state index contributed by atoms with van der Waals surface area (Å²) in [6.07, 6.45) is 0.834. The third kappa shape index (κ3) is 5.48. The minimum Gasteiger partial charge on any atom is -0.346 e. The molecule has 2 atom stereocenters. The molecule has 0 unspecified atom stereocenters. The van der Waals surface area contributed by atoms with Crippen LogP contribution in [0.25, 0.3) is 0 Å². The fourth-order valence-electron chi connectivity index (χ4n) is 4.33. The summed E-state index contributed by atoms with van der Waals surface area (Å²) < 4.78 is 0. The van der Waals surface area contributed by atoms with Gasteiger partial charge in [-0.05, 0) is 61.6 Å². The zero-order valence-electron chi connectivity index (χ0n) is 19.4. The monoisotopic (exact) mass is 458 g/mol. The minimum absolute atomic E-state index is 0.00699. The Bertz CT molecular complexity index is 1130. The van der Waals surface area contributed by atoms with Crippen molar-refractivity contribution < 1.29 is 9.59 Å². The van der Waals surface area contributed by atoms with Crippen LogP contribution in [-0.4, -0.2) is 29.0 Å². The molecule has 2 amide bonds. The van der Waals surface area contributed by atoms with Gasteiger partial charge >= 0.3 is 0 Å². The molecule has 1 fully saturated rings. The number of amides is 2. The topological polar surface area (TPSA) is 49.4 Å². The van der Waals surface area contributed by atoms with Crippen LogP contribution in [0.2, 0.25) is 0 Å². The number of benzene rings is 3. The Morgan fingerprint density at radius 2 is 1.79 bits per heavy atom. The van der Waals surface area contributed by atoms with Gasteiger partial charge in [-0.3, -0.25) is 9.59 Å². The smallest absolute Gasteiger partial charge is 0.251 e. The molecular weight excluding hydrogens is 428 g/mol. The van der Waals surface area contributed by atoms with Gasteiger partial charge in [0.15, 0.2) is 0 Å². The van der Waals surface area contributed by atoms with Crippen molar-refractivity contribution in [2.45, 2.75) is 38.6 Å². The lowest BCUT2D eigenvalue weighted by molar-refractivity contribution is -0.128. The number of thioether (sulfide) groups is 1. The van der Waals surface area contributed by atoms with Gasteiger partial charge in [0.2, 0.25) is 5.91 Å². The highest BCUT2D eigenvalue weighted by molar-refractivity contribution is 8.00. The van der Waals surface area contributed by atoms with E-state index in [2.05, 4.69) is 49.5 Å². The van der Waals surface area contributed by atoms with Crippen LogP contribution in [-0.2, 0) is 11.2 Å². The number of aryl methyl sites for hydroxylation is 2. The molecular formula is C28H30N2O2S. The van der Waals surface area contributed by atoms with Gasteiger partial charge in [0.1, 0.15) is 5.37 Å². The van der Waals surface area contributed by atoms with Crippen LogP contribution in [0.15, 0.2) is 72.8 Å². The summed E-state index contributed by atoms with van der Waals surface area (Å²) in [5.74, 6) is 0.574. The van der Waals surface area contributed by atoms with Crippen molar-refractivity contribution in [3.05, 3.63) is 106 Å². The summed E-state index contributed by atoms with van der Waals surface area (Å²) in [7, 11) is 0. The fourth-order valence-corrected chi connectivity index (χ4v) is 5.55. The largest absolute Gasteiger partial charge is 0.346 e. The third-order valence-corrected chi connectivity index (χ3v) is 7.41. The Labute approximate surface area is 200 Å². The number of nitrogens with zero attached hydrogens (tertiary/aromatic N) is 1. The first-order valence-corrected chi connectivity index (χ1v) is 12.4. The van der Waals surface area contributed by atoms with Gasteiger partial charge < -0.3 is 10.2 Å². The van der Waals surface area contributed by atoms with E-state index in [0.29, 0.717) is 17.9 Å². The van der Waals surface area contributed by atoms with Gasteiger partial charge in [-0.15, -0.1) is 11.8 Å². The maximum absolute atomic E-state index is 12.8. The summed E-state index contributed by atoms with van der Waals surface area (Å²) in [5, 5.41) is 3.10. The van der Waals surface area contributed by atoms with Crippen LogP contribution in [0.1, 0.15) is 56.5 Å². The van der Waals surface area contributed by atoms with Crippen molar-refractivity contribution in [2.24, 2.45) is 0 Å². The predicted octanol–water partition coefficient (Wildman–Crippen LogP) is 5.61. The van der Waals surface area contributed by atoms with Crippen LogP contribution < -0.4 is 5.32 Å². The molecule has 4 nitrogen and oxygen atoms in total. The summed E-state index contributed by atoms with van der Waals surface area (Å²) in [6.45, 7) is 6.84. The first-order valence-electron chi connectivity index (χ1n) is 11.4. The second kappa shape index (κ2) is 10.3. The quantitative estimate of drug-likeness (QED) is 0.501. The molecule has 1 aliphatic rings. The molecule has 0 spiro atoms. The first-order chi connectivity index (χ1) is 15.9. The predicted molar refractivity (Wildman–Crippen MR) is 135 cm³/mol. The van der Waals surface area contributed by atoms with E-state index >= 15 is 0 Å². The van der Waals surface area contributed by atoms with E-state index in [1.807, 2.05) is 54.3 Å². The molecule has 0 saturated carbocycles. The Kier molecular flexibility index (Phi) is 7.19. The Morgan fingerprint density at radius 3 is 2.48 bits per heavy atom. The highest BCUT2D eigenvalue weighted by atomic mass is 32.2. The van der Waals surface area contributed by atoms with E-state index < -0.39 is 0 Å². The Hall–Kier alpha value is -3.05. The van der Waals surface area contributed by atoms with Crippen LogP contribution in [0.5, 0.6) is 0 Å². The molecule has 5 heteroatoms. The Balaban J connectivity index is 1.41. The summed E-state index contributed by atoms with van der Waals surface area (Å²) in [6, 6.07) is 24.1. The lowest BCUT2D eigenvalue weighted by Gasteiger charge is -2.24. The van der Waals surface area contributed by atoms with Crippen molar-refractivity contribution >= 4 is 23.6 Å². The molecule has 1 aliphatic heterocycles. The van der Waals surface area contributed by atoms with E-state index in [4.69, 9.17) is 0 Å². The van der Waals surface area contributed by atoms with Crippen LogP contribution >= 0.6 is 11.8 Å². The van der Waals surface area contributed by atoms with Crippen molar-refractivity contribution in [1.29, 1.82) is 0 Å². The van der Waals surface area contributed by atoms with Crippen LogP contribution in [0.4, 0.5) is 0 Å². The Morgan fingerprint density at radius 1 is 1.06 bits per heavy atom. The van der Waals surface area contributed by atoms with E-state index in [0.717, 1.165) is 17.5 Å². The van der Waals surface area contributed by atoms with Gasteiger partial charge in [-0.1, -0.05) is 66.2 Å². The van der Waals surface area contributed by atoms with E-state index in [-0.39, 0.29) is 23.2 Å².